The first kappa shape index (κ1) is 15.7. The third-order valence-corrected chi connectivity index (χ3v) is 5.16. The van der Waals surface area contributed by atoms with E-state index < -0.39 is 0 Å². The standard InChI is InChI=1S/C17H28N4O/c1-12-5-4-6-13(2)15(12)9-18-14-7-8-17-19-16(11-22-3)20-21(17)10-14/h5,13-15,18H,4,6-11H2,1-3H3. The van der Waals surface area contributed by atoms with Gasteiger partial charge in [-0.3, -0.25) is 0 Å². The van der Waals surface area contributed by atoms with Gasteiger partial charge in [0.05, 0.1) is 6.54 Å². The summed E-state index contributed by atoms with van der Waals surface area (Å²) in [6.07, 6.45) is 7.14. The summed E-state index contributed by atoms with van der Waals surface area (Å²) in [7, 11) is 1.69. The highest BCUT2D eigenvalue weighted by molar-refractivity contribution is 5.09. The van der Waals surface area contributed by atoms with E-state index in [9.17, 15) is 0 Å². The molecule has 22 heavy (non-hydrogen) atoms. The van der Waals surface area contributed by atoms with Crippen LogP contribution in [0, 0.1) is 11.8 Å². The number of nitrogens with one attached hydrogen (secondary N) is 1. The number of aromatic nitrogens is 3. The first-order valence-electron chi connectivity index (χ1n) is 8.49. The zero-order valence-electron chi connectivity index (χ0n) is 14.0. The summed E-state index contributed by atoms with van der Waals surface area (Å²) in [6, 6.07) is 0.506. The molecule has 0 aromatic carbocycles. The molecule has 0 saturated heterocycles. The number of aryl methyl sites for hydroxylation is 1. The lowest BCUT2D eigenvalue weighted by atomic mass is 9.80. The normalized spacial score (nSPS) is 28.3. The van der Waals surface area contributed by atoms with Crippen LogP contribution in [-0.4, -0.2) is 34.5 Å². The van der Waals surface area contributed by atoms with Gasteiger partial charge in [-0.15, -0.1) is 0 Å². The van der Waals surface area contributed by atoms with Crippen LogP contribution in [0.3, 0.4) is 0 Å². The Labute approximate surface area is 133 Å². The maximum absolute atomic E-state index is 5.12. The van der Waals surface area contributed by atoms with Crippen LogP contribution in [0.2, 0.25) is 0 Å². The quantitative estimate of drug-likeness (QED) is 0.848. The van der Waals surface area contributed by atoms with Crippen LogP contribution in [-0.2, 0) is 24.3 Å². The van der Waals surface area contributed by atoms with Gasteiger partial charge in [-0.1, -0.05) is 18.6 Å². The van der Waals surface area contributed by atoms with Crippen LogP contribution in [0.5, 0.6) is 0 Å². The van der Waals surface area contributed by atoms with Crippen LogP contribution >= 0.6 is 0 Å². The maximum Gasteiger partial charge on any atom is 0.176 e. The molecule has 0 saturated carbocycles. The van der Waals surface area contributed by atoms with Crippen molar-refractivity contribution in [2.24, 2.45) is 11.8 Å². The van der Waals surface area contributed by atoms with E-state index in [0.29, 0.717) is 18.6 Å². The zero-order valence-corrected chi connectivity index (χ0v) is 14.0. The average molecular weight is 304 g/mol. The number of hydrogen-bond donors (Lipinski definition) is 1. The first-order valence-corrected chi connectivity index (χ1v) is 8.49. The topological polar surface area (TPSA) is 52.0 Å². The van der Waals surface area contributed by atoms with Crippen molar-refractivity contribution in [1.29, 1.82) is 0 Å². The van der Waals surface area contributed by atoms with Gasteiger partial charge in [0.25, 0.3) is 0 Å². The summed E-state index contributed by atoms with van der Waals surface area (Å²) in [5.41, 5.74) is 1.56. The Balaban J connectivity index is 1.56. The van der Waals surface area contributed by atoms with Gasteiger partial charge in [0, 0.05) is 26.1 Å². The second kappa shape index (κ2) is 6.92. The molecule has 2 aliphatic rings. The number of rotatable bonds is 5. The number of hydrogen-bond acceptors (Lipinski definition) is 4. The smallest absolute Gasteiger partial charge is 0.176 e. The second-order valence-electron chi connectivity index (χ2n) is 6.81. The van der Waals surface area contributed by atoms with Gasteiger partial charge in [-0.2, -0.15) is 5.10 Å². The monoisotopic (exact) mass is 304 g/mol. The molecule has 3 rings (SSSR count). The molecule has 5 nitrogen and oxygen atoms in total. The average Bonchev–Trinajstić information content (AvgIpc) is 2.88. The molecule has 2 heterocycles. The van der Waals surface area contributed by atoms with Gasteiger partial charge in [0.2, 0.25) is 0 Å². The first-order chi connectivity index (χ1) is 10.7. The third-order valence-electron chi connectivity index (χ3n) is 5.16. The van der Waals surface area contributed by atoms with E-state index in [1.54, 1.807) is 12.7 Å². The van der Waals surface area contributed by atoms with E-state index >= 15 is 0 Å². The van der Waals surface area contributed by atoms with E-state index in [-0.39, 0.29) is 0 Å². The molecule has 5 heteroatoms. The van der Waals surface area contributed by atoms with Crippen LogP contribution in [0.25, 0.3) is 0 Å². The highest BCUT2D eigenvalue weighted by Crippen LogP contribution is 2.29. The van der Waals surface area contributed by atoms with Gasteiger partial charge in [-0.25, -0.2) is 9.67 Å². The Morgan fingerprint density at radius 3 is 3.05 bits per heavy atom. The maximum atomic E-state index is 5.12. The highest BCUT2D eigenvalue weighted by Gasteiger charge is 2.25. The Morgan fingerprint density at radius 2 is 2.27 bits per heavy atom. The molecule has 122 valence electrons. The molecule has 1 aromatic heterocycles. The van der Waals surface area contributed by atoms with E-state index in [1.165, 1.54) is 12.8 Å². The fourth-order valence-corrected chi connectivity index (χ4v) is 3.75. The largest absolute Gasteiger partial charge is 0.377 e. The van der Waals surface area contributed by atoms with Crippen molar-refractivity contribution < 1.29 is 4.74 Å². The predicted molar refractivity (Wildman–Crippen MR) is 86.5 cm³/mol. The summed E-state index contributed by atoms with van der Waals surface area (Å²) < 4.78 is 7.18. The lowest BCUT2D eigenvalue weighted by Gasteiger charge is -2.32. The molecular formula is C17H28N4O. The Hall–Kier alpha value is -1.20. The summed E-state index contributed by atoms with van der Waals surface area (Å²) in [6.45, 7) is 7.19. The molecular weight excluding hydrogens is 276 g/mol. The molecule has 1 aliphatic heterocycles. The minimum Gasteiger partial charge on any atom is -0.377 e. The third kappa shape index (κ3) is 3.41. The minimum absolute atomic E-state index is 0.502. The SMILES string of the molecule is COCc1nc2n(n1)CC(NCC1C(C)=CCCC1C)CC2. The Morgan fingerprint density at radius 1 is 1.41 bits per heavy atom. The van der Waals surface area contributed by atoms with Gasteiger partial charge in [0.1, 0.15) is 12.4 Å². The zero-order chi connectivity index (χ0) is 15.5. The molecule has 3 unspecified atom stereocenters. The highest BCUT2D eigenvalue weighted by atomic mass is 16.5. The summed E-state index contributed by atoms with van der Waals surface area (Å²) in [5.74, 6) is 3.39. The number of fused-ring (bicyclic) bond motifs is 1. The van der Waals surface area contributed by atoms with Crippen molar-refractivity contribution in [2.75, 3.05) is 13.7 Å². The molecule has 3 atom stereocenters. The van der Waals surface area contributed by atoms with Crippen molar-refractivity contribution in [3.8, 4) is 0 Å². The molecule has 0 amide bonds. The Kier molecular flexibility index (Phi) is 4.93. The predicted octanol–water partition coefficient (Wildman–Crippen LogP) is 2.32. The van der Waals surface area contributed by atoms with Gasteiger partial charge < -0.3 is 10.1 Å². The van der Waals surface area contributed by atoms with Gasteiger partial charge in [-0.05, 0) is 38.0 Å². The molecule has 0 spiro atoms. The number of allylic oxidation sites excluding steroid dienone is 1. The molecule has 1 aliphatic carbocycles. The number of methoxy groups -OCH3 is 1. The van der Waals surface area contributed by atoms with E-state index in [2.05, 4.69) is 40.0 Å². The molecule has 0 bridgehead atoms. The summed E-state index contributed by atoms with van der Waals surface area (Å²) >= 11 is 0. The van der Waals surface area contributed by atoms with Crippen LogP contribution in [0.15, 0.2) is 11.6 Å². The van der Waals surface area contributed by atoms with Crippen LogP contribution < -0.4 is 5.32 Å². The fourth-order valence-electron chi connectivity index (χ4n) is 3.75. The van der Waals surface area contributed by atoms with Gasteiger partial charge >= 0.3 is 0 Å². The number of nitrogens with zero attached hydrogens (tertiary/aromatic N) is 3. The molecule has 1 aromatic rings. The van der Waals surface area contributed by atoms with Crippen molar-refractivity contribution in [2.45, 2.75) is 58.7 Å². The lowest BCUT2D eigenvalue weighted by molar-refractivity contribution is 0.177. The fraction of sp³-hybridized carbons (Fsp3) is 0.765. The molecule has 1 N–H and O–H groups in total. The van der Waals surface area contributed by atoms with E-state index in [4.69, 9.17) is 4.74 Å². The second-order valence-corrected chi connectivity index (χ2v) is 6.81. The van der Waals surface area contributed by atoms with Crippen molar-refractivity contribution in [3.63, 3.8) is 0 Å². The van der Waals surface area contributed by atoms with E-state index in [1.807, 2.05) is 0 Å². The lowest BCUT2D eigenvalue weighted by Crippen LogP contribution is -2.41. The molecule has 0 fully saturated rings. The summed E-state index contributed by atoms with van der Waals surface area (Å²) in [5, 5.41) is 8.32. The van der Waals surface area contributed by atoms with Crippen molar-refractivity contribution in [3.05, 3.63) is 23.3 Å². The number of ether oxygens (including phenoxy) is 1. The van der Waals surface area contributed by atoms with Crippen molar-refractivity contribution in [1.82, 2.24) is 20.1 Å². The summed E-state index contributed by atoms with van der Waals surface area (Å²) in [4.78, 5) is 4.54. The van der Waals surface area contributed by atoms with Crippen molar-refractivity contribution >= 4 is 0 Å². The van der Waals surface area contributed by atoms with Crippen LogP contribution in [0.4, 0.5) is 0 Å². The molecule has 0 radical (unpaired) electrons. The van der Waals surface area contributed by atoms with Gasteiger partial charge in [0.15, 0.2) is 5.82 Å². The Bertz CT molecular complexity index is 537. The van der Waals surface area contributed by atoms with Crippen LogP contribution in [0.1, 0.15) is 44.8 Å². The van der Waals surface area contributed by atoms with E-state index in [0.717, 1.165) is 43.5 Å². The minimum atomic E-state index is 0.502.